The van der Waals surface area contributed by atoms with Gasteiger partial charge < -0.3 is 14.4 Å². The van der Waals surface area contributed by atoms with E-state index < -0.39 is 0 Å². The number of likely N-dealkylation sites (tertiary alicyclic amines) is 1. The van der Waals surface area contributed by atoms with Crippen LogP contribution in [0.2, 0.25) is 0 Å². The number of ether oxygens (including phenoxy) is 2. The first kappa shape index (κ1) is 14.0. The van der Waals surface area contributed by atoms with Gasteiger partial charge in [0.25, 0.3) is 0 Å². The van der Waals surface area contributed by atoms with Gasteiger partial charge in [-0.2, -0.15) is 0 Å². The third-order valence-corrected chi connectivity index (χ3v) is 5.37. The van der Waals surface area contributed by atoms with Crippen molar-refractivity contribution in [2.24, 2.45) is 11.8 Å². The van der Waals surface area contributed by atoms with Crippen LogP contribution in [0.25, 0.3) is 0 Å². The Bertz CT molecular complexity index is 538. The Morgan fingerprint density at radius 2 is 2.27 bits per heavy atom. The fraction of sp³-hybridized carbons (Fsp3) is 0.647. The highest BCUT2D eigenvalue weighted by molar-refractivity contribution is 5.80. The Kier molecular flexibility index (Phi) is 3.53. The maximum absolute atomic E-state index is 12.3. The van der Waals surface area contributed by atoms with Gasteiger partial charge in [-0.25, -0.2) is 0 Å². The number of carbonyl (C=O) groups excluding carboxylic acids is 1. The van der Waals surface area contributed by atoms with E-state index in [9.17, 15) is 4.79 Å². The fourth-order valence-electron chi connectivity index (χ4n) is 3.67. The molecular weight excluding hydrogens is 280 g/mol. The van der Waals surface area contributed by atoms with Crippen LogP contribution in [0.15, 0.2) is 24.5 Å². The smallest absolute Gasteiger partial charge is 0.225 e. The van der Waals surface area contributed by atoms with E-state index >= 15 is 0 Å². The van der Waals surface area contributed by atoms with Crippen molar-refractivity contribution in [2.75, 3.05) is 26.3 Å². The van der Waals surface area contributed by atoms with Crippen LogP contribution in [0.1, 0.15) is 25.7 Å². The van der Waals surface area contributed by atoms with E-state index in [0.717, 1.165) is 44.7 Å². The number of hydrogen-bond acceptors (Lipinski definition) is 4. The molecule has 3 fully saturated rings. The van der Waals surface area contributed by atoms with Crippen LogP contribution in [0, 0.1) is 11.8 Å². The molecule has 0 aromatic carbocycles. The highest BCUT2D eigenvalue weighted by atomic mass is 16.5. The van der Waals surface area contributed by atoms with Crippen LogP contribution >= 0.6 is 0 Å². The average molecular weight is 302 g/mol. The summed E-state index contributed by atoms with van der Waals surface area (Å²) in [5.41, 5.74) is -0.165. The van der Waals surface area contributed by atoms with Crippen molar-refractivity contribution in [3.8, 4) is 5.75 Å². The van der Waals surface area contributed by atoms with E-state index in [1.165, 1.54) is 6.42 Å². The lowest BCUT2D eigenvalue weighted by atomic mass is 9.78. The van der Waals surface area contributed by atoms with Gasteiger partial charge in [0.05, 0.1) is 25.9 Å². The maximum Gasteiger partial charge on any atom is 0.225 e. The molecule has 1 unspecified atom stereocenters. The number of nitrogens with zero attached hydrogens (tertiary/aromatic N) is 2. The monoisotopic (exact) mass is 302 g/mol. The molecule has 1 aliphatic carbocycles. The van der Waals surface area contributed by atoms with Crippen molar-refractivity contribution in [3.05, 3.63) is 24.5 Å². The van der Waals surface area contributed by atoms with E-state index in [0.29, 0.717) is 18.4 Å². The highest BCUT2D eigenvalue weighted by Crippen LogP contribution is 2.42. The van der Waals surface area contributed by atoms with Crippen molar-refractivity contribution < 1.29 is 14.3 Å². The number of carbonyl (C=O) groups is 1. The molecule has 1 atom stereocenters. The molecule has 2 aliphatic heterocycles. The molecule has 1 amide bonds. The maximum atomic E-state index is 12.3. The summed E-state index contributed by atoms with van der Waals surface area (Å²) >= 11 is 0. The lowest BCUT2D eigenvalue weighted by molar-refractivity contribution is -0.172. The molecule has 3 aliphatic rings. The van der Waals surface area contributed by atoms with Gasteiger partial charge >= 0.3 is 0 Å². The summed E-state index contributed by atoms with van der Waals surface area (Å²) in [5, 5.41) is 0. The molecular formula is C17H22N2O3. The zero-order valence-electron chi connectivity index (χ0n) is 12.7. The first-order valence-electron chi connectivity index (χ1n) is 8.22. The van der Waals surface area contributed by atoms with Crippen molar-refractivity contribution in [2.45, 2.75) is 31.3 Å². The van der Waals surface area contributed by atoms with Crippen molar-refractivity contribution in [1.82, 2.24) is 9.88 Å². The SMILES string of the molecule is O=C(C1CCC1)N1CC2(C1)OCCC2COc1cccnc1. The largest absolute Gasteiger partial charge is 0.492 e. The predicted octanol–water partition coefficient (Wildman–Crippen LogP) is 1.88. The molecule has 0 N–H and O–H groups in total. The second-order valence-corrected chi connectivity index (χ2v) is 6.72. The molecule has 0 bridgehead atoms. The summed E-state index contributed by atoms with van der Waals surface area (Å²) in [6, 6.07) is 3.79. The van der Waals surface area contributed by atoms with Crippen molar-refractivity contribution in [1.29, 1.82) is 0 Å². The molecule has 5 nitrogen and oxygen atoms in total. The van der Waals surface area contributed by atoms with E-state index in [-0.39, 0.29) is 11.5 Å². The second-order valence-electron chi connectivity index (χ2n) is 6.72. The second kappa shape index (κ2) is 5.54. The summed E-state index contributed by atoms with van der Waals surface area (Å²) in [5.74, 6) is 1.77. The van der Waals surface area contributed by atoms with Gasteiger partial charge in [0, 0.05) is 24.6 Å². The average Bonchev–Trinajstić information content (AvgIpc) is 2.86. The van der Waals surface area contributed by atoms with Gasteiger partial charge in [-0.05, 0) is 31.4 Å². The van der Waals surface area contributed by atoms with E-state index in [2.05, 4.69) is 4.98 Å². The molecule has 4 rings (SSSR count). The Morgan fingerprint density at radius 1 is 1.41 bits per heavy atom. The van der Waals surface area contributed by atoms with Gasteiger partial charge in [-0.15, -0.1) is 0 Å². The first-order chi connectivity index (χ1) is 10.8. The highest BCUT2D eigenvalue weighted by Gasteiger charge is 2.55. The molecule has 1 saturated carbocycles. The molecule has 1 spiro atoms. The molecule has 118 valence electrons. The molecule has 3 heterocycles. The third kappa shape index (κ3) is 2.37. The Labute approximate surface area is 130 Å². The van der Waals surface area contributed by atoms with Gasteiger partial charge in [0.1, 0.15) is 11.4 Å². The van der Waals surface area contributed by atoms with Crippen LogP contribution in [0.4, 0.5) is 0 Å². The number of amides is 1. The Morgan fingerprint density at radius 3 is 2.95 bits per heavy atom. The quantitative estimate of drug-likeness (QED) is 0.852. The summed E-state index contributed by atoms with van der Waals surface area (Å²) in [6.07, 6.45) is 7.81. The number of hydrogen-bond donors (Lipinski definition) is 0. The van der Waals surface area contributed by atoms with Crippen molar-refractivity contribution >= 4 is 5.91 Å². The van der Waals surface area contributed by atoms with Crippen LogP contribution in [0.5, 0.6) is 5.75 Å². The van der Waals surface area contributed by atoms with Gasteiger partial charge in [0.15, 0.2) is 0 Å². The van der Waals surface area contributed by atoms with E-state index in [1.807, 2.05) is 17.0 Å². The third-order valence-electron chi connectivity index (χ3n) is 5.37. The topological polar surface area (TPSA) is 51.7 Å². The summed E-state index contributed by atoms with van der Waals surface area (Å²) < 4.78 is 11.9. The predicted molar refractivity (Wildman–Crippen MR) is 80.4 cm³/mol. The molecule has 1 aromatic rings. The van der Waals surface area contributed by atoms with Gasteiger partial charge in [-0.1, -0.05) is 6.42 Å². The van der Waals surface area contributed by atoms with Gasteiger partial charge in [-0.3, -0.25) is 9.78 Å². The van der Waals surface area contributed by atoms with Crippen LogP contribution < -0.4 is 4.74 Å². The van der Waals surface area contributed by atoms with Crippen LogP contribution in [-0.2, 0) is 9.53 Å². The number of aromatic nitrogens is 1. The Balaban J connectivity index is 1.33. The number of pyridine rings is 1. The molecule has 0 radical (unpaired) electrons. The van der Waals surface area contributed by atoms with Crippen LogP contribution in [0.3, 0.4) is 0 Å². The zero-order chi connectivity index (χ0) is 15.0. The minimum Gasteiger partial charge on any atom is -0.492 e. The minimum absolute atomic E-state index is 0.165. The summed E-state index contributed by atoms with van der Waals surface area (Å²) in [7, 11) is 0. The molecule has 1 aromatic heterocycles. The fourth-order valence-corrected chi connectivity index (χ4v) is 3.67. The van der Waals surface area contributed by atoms with Crippen molar-refractivity contribution in [3.63, 3.8) is 0 Å². The normalized spacial score (nSPS) is 26.5. The Hall–Kier alpha value is -1.62. The standard InChI is InChI=1S/C17H22N2O3/c20-16(13-3-1-4-13)19-11-17(12-19)14(6-8-22-17)10-21-15-5-2-7-18-9-15/h2,5,7,9,13-14H,1,3-4,6,8,10-12H2. The number of rotatable bonds is 4. The lowest BCUT2D eigenvalue weighted by Gasteiger charge is -2.51. The van der Waals surface area contributed by atoms with Gasteiger partial charge in [0.2, 0.25) is 5.91 Å². The minimum atomic E-state index is -0.165. The summed E-state index contributed by atoms with van der Waals surface area (Å²) in [4.78, 5) is 18.3. The molecule has 2 saturated heterocycles. The van der Waals surface area contributed by atoms with E-state index in [4.69, 9.17) is 9.47 Å². The lowest BCUT2D eigenvalue weighted by Crippen LogP contribution is -2.67. The molecule has 5 heteroatoms. The van der Waals surface area contributed by atoms with E-state index in [1.54, 1.807) is 12.4 Å². The zero-order valence-corrected chi connectivity index (χ0v) is 12.7. The first-order valence-corrected chi connectivity index (χ1v) is 8.22. The molecule has 22 heavy (non-hydrogen) atoms. The summed E-state index contributed by atoms with van der Waals surface area (Å²) in [6.45, 7) is 2.89. The van der Waals surface area contributed by atoms with Crippen LogP contribution in [-0.4, -0.2) is 47.7 Å².